The largest absolute Gasteiger partial charge is 0.345 e. The van der Waals surface area contributed by atoms with Crippen LogP contribution < -0.4 is 5.32 Å². The van der Waals surface area contributed by atoms with Gasteiger partial charge in [0.1, 0.15) is 6.54 Å². The zero-order chi connectivity index (χ0) is 19.2. The van der Waals surface area contributed by atoms with Gasteiger partial charge in [-0.15, -0.1) is 0 Å². The number of nitrogens with one attached hydrogen (secondary N) is 1. The summed E-state index contributed by atoms with van der Waals surface area (Å²) in [4.78, 5) is 29.7. The number of benzene rings is 2. The molecule has 1 aromatic heterocycles. The summed E-state index contributed by atoms with van der Waals surface area (Å²) in [6, 6.07) is 14.8. The van der Waals surface area contributed by atoms with Crippen molar-refractivity contribution >= 4 is 22.8 Å². The normalized spacial score (nSPS) is 10.1. The minimum atomic E-state index is -0.126. The Balaban J connectivity index is 1.53. The average Bonchev–Trinajstić information content (AvgIpc) is 3.08. The summed E-state index contributed by atoms with van der Waals surface area (Å²) in [5.74, 6) is 5.72. The standard InChI is InChI=1S/C21H20N4O2/c1-24(2)21(27)17-11-9-16(10-12-17)6-5-13-22-20(26)14-25-15-23-18-7-3-4-8-19(18)25/h3-4,7-12,15H,13-14H2,1-2H3,(H,22,26). The van der Waals surface area contributed by atoms with Crippen molar-refractivity contribution in [3.8, 4) is 11.8 Å². The first kappa shape index (κ1) is 18.2. The summed E-state index contributed by atoms with van der Waals surface area (Å²) < 4.78 is 1.80. The maximum atomic E-state index is 12.1. The van der Waals surface area contributed by atoms with Gasteiger partial charge < -0.3 is 14.8 Å². The summed E-state index contributed by atoms with van der Waals surface area (Å²) in [5.41, 5.74) is 3.19. The first-order chi connectivity index (χ1) is 13.0. The molecule has 0 radical (unpaired) electrons. The number of imidazole rings is 1. The van der Waals surface area contributed by atoms with Crippen LogP contribution in [-0.2, 0) is 11.3 Å². The molecule has 0 unspecified atom stereocenters. The molecule has 3 aromatic rings. The number of hydrogen-bond donors (Lipinski definition) is 1. The molecule has 0 bridgehead atoms. The number of carbonyl (C=O) groups excluding carboxylic acids is 2. The SMILES string of the molecule is CN(C)C(=O)c1ccc(C#CCNC(=O)Cn2cnc3ccccc32)cc1. The van der Waals surface area contributed by atoms with Crippen molar-refractivity contribution in [1.29, 1.82) is 0 Å². The molecule has 0 saturated carbocycles. The molecule has 0 saturated heterocycles. The zero-order valence-corrected chi connectivity index (χ0v) is 15.3. The van der Waals surface area contributed by atoms with E-state index in [9.17, 15) is 9.59 Å². The summed E-state index contributed by atoms with van der Waals surface area (Å²) >= 11 is 0. The van der Waals surface area contributed by atoms with E-state index in [2.05, 4.69) is 22.1 Å². The van der Waals surface area contributed by atoms with Crippen molar-refractivity contribution in [3.05, 3.63) is 66.0 Å². The molecule has 6 nitrogen and oxygen atoms in total. The second-order valence-electron chi connectivity index (χ2n) is 6.22. The van der Waals surface area contributed by atoms with E-state index < -0.39 is 0 Å². The highest BCUT2D eigenvalue weighted by atomic mass is 16.2. The van der Waals surface area contributed by atoms with Crippen molar-refractivity contribution in [1.82, 2.24) is 19.8 Å². The van der Waals surface area contributed by atoms with Gasteiger partial charge in [-0.25, -0.2) is 4.98 Å². The molecular weight excluding hydrogens is 340 g/mol. The fraction of sp³-hybridized carbons (Fsp3) is 0.190. The van der Waals surface area contributed by atoms with E-state index in [4.69, 9.17) is 0 Å². The Kier molecular flexibility index (Phi) is 5.53. The van der Waals surface area contributed by atoms with Gasteiger partial charge in [0.15, 0.2) is 0 Å². The molecule has 27 heavy (non-hydrogen) atoms. The van der Waals surface area contributed by atoms with Crippen LogP contribution in [0.4, 0.5) is 0 Å². The van der Waals surface area contributed by atoms with E-state index in [1.165, 1.54) is 4.90 Å². The maximum absolute atomic E-state index is 12.1. The molecular formula is C21H20N4O2. The van der Waals surface area contributed by atoms with Gasteiger partial charge in [0.25, 0.3) is 5.91 Å². The minimum Gasteiger partial charge on any atom is -0.345 e. The number of nitrogens with zero attached hydrogens (tertiary/aromatic N) is 3. The van der Waals surface area contributed by atoms with Gasteiger partial charge in [-0.3, -0.25) is 9.59 Å². The van der Waals surface area contributed by atoms with E-state index in [-0.39, 0.29) is 24.9 Å². The third-order valence-electron chi connectivity index (χ3n) is 3.99. The summed E-state index contributed by atoms with van der Waals surface area (Å²) in [6.07, 6.45) is 1.66. The molecule has 0 aliphatic carbocycles. The lowest BCUT2D eigenvalue weighted by Gasteiger charge is -2.09. The molecule has 0 atom stereocenters. The van der Waals surface area contributed by atoms with Gasteiger partial charge in [-0.2, -0.15) is 0 Å². The van der Waals surface area contributed by atoms with Crippen molar-refractivity contribution in [3.63, 3.8) is 0 Å². The van der Waals surface area contributed by atoms with Gasteiger partial charge in [0.2, 0.25) is 5.91 Å². The molecule has 1 N–H and O–H groups in total. The van der Waals surface area contributed by atoms with E-state index in [0.29, 0.717) is 5.56 Å². The number of amides is 2. The fourth-order valence-corrected chi connectivity index (χ4v) is 2.59. The molecule has 0 spiro atoms. The Hall–Kier alpha value is -3.59. The lowest BCUT2D eigenvalue weighted by atomic mass is 10.1. The van der Waals surface area contributed by atoms with Gasteiger partial charge in [0, 0.05) is 25.2 Å². The lowest BCUT2D eigenvalue weighted by molar-refractivity contribution is -0.121. The Morgan fingerprint density at radius 3 is 2.59 bits per heavy atom. The molecule has 2 aromatic carbocycles. The number of rotatable bonds is 4. The first-order valence-electron chi connectivity index (χ1n) is 8.52. The van der Waals surface area contributed by atoms with E-state index in [0.717, 1.165) is 16.6 Å². The Morgan fingerprint density at radius 1 is 1.11 bits per heavy atom. The highest BCUT2D eigenvalue weighted by molar-refractivity contribution is 5.93. The van der Waals surface area contributed by atoms with Crippen molar-refractivity contribution in [2.45, 2.75) is 6.54 Å². The van der Waals surface area contributed by atoms with Crippen LogP contribution >= 0.6 is 0 Å². The van der Waals surface area contributed by atoms with Crippen molar-refractivity contribution in [2.75, 3.05) is 20.6 Å². The number of carbonyl (C=O) groups is 2. The third-order valence-corrected chi connectivity index (χ3v) is 3.99. The summed E-state index contributed by atoms with van der Waals surface area (Å²) in [5, 5.41) is 2.78. The molecule has 2 amide bonds. The highest BCUT2D eigenvalue weighted by Crippen LogP contribution is 2.11. The van der Waals surface area contributed by atoms with Gasteiger partial charge in [-0.1, -0.05) is 24.0 Å². The van der Waals surface area contributed by atoms with Crippen LogP contribution in [0.1, 0.15) is 15.9 Å². The lowest BCUT2D eigenvalue weighted by Crippen LogP contribution is -2.27. The Labute approximate surface area is 157 Å². The van der Waals surface area contributed by atoms with Gasteiger partial charge in [-0.05, 0) is 36.4 Å². The smallest absolute Gasteiger partial charge is 0.253 e. The van der Waals surface area contributed by atoms with E-state index >= 15 is 0 Å². The van der Waals surface area contributed by atoms with Crippen LogP contribution in [0.15, 0.2) is 54.9 Å². The van der Waals surface area contributed by atoms with E-state index in [1.807, 2.05) is 24.3 Å². The van der Waals surface area contributed by atoms with Crippen LogP contribution in [0.5, 0.6) is 0 Å². The molecule has 0 aliphatic heterocycles. The van der Waals surface area contributed by atoms with Crippen molar-refractivity contribution < 1.29 is 9.59 Å². The summed E-state index contributed by atoms with van der Waals surface area (Å²) in [6.45, 7) is 0.452. The predicted molar refractivity (Wildman–Crippen MR) is 104 cm³/mol. The van der Waals surface area contributed by atoms with Gasteiger partial charge >= 0.3 is 0 Å². The van der Waals surface area contributed by atoms with Crippen LogP contribution in [0.25, 0.3) is 11.0 Å². The molecule has 0 fully saturated rings. The minimum absolute atomic E-state index is 0.0474. The van der Waals surface area contributed by atoms with Crippen molar-refractivity contribution in [2.24, 2.45) is 0 Å². The fourth-order valence-electron chi connectivity index (χ4n) is 2.59. The molecule has 6 heteroatoms. The second kappa shape index (κ2) is 8.19. The molecule has 3 rings (SSSR count). The molecule has 0 aliphatic rings. The average molecular weight is 360 g/mol. The third kappa shape index (κ3) is 4.53. The molecule has 1 heterocycles. The van der Waals surface area contributed by atoms with E-state index in [1.54, 1.807) is 49.3 Å². The van der Waals surface area contributed by atoms with Crippen LogP contribution in [0, 0.1) is 11.8 Å². The maximum Gasteiger partial charge on any atom is 0.253 e. The predicted octanol–water partition coefficient (Wildman–Crippen LogP) is 1.91. The first-order valence-corrected chi connectivity index (χ1v) is 8.52. The number of fused-ring (bicyclic) bond motifs is 1. The molecule has 136 valence electrons. The number of hydrogen-bond acceptors (Lipinski definition) is 3. The Morgan fingerprint density at radius 2 is 1.85 bits per heavy atom. The summed E-state index contributed by atoms with van der Waals surface area (Å²) in [7, 11) is 3.43. The Bertz CT molecular complexity index is 1020. The highest BCUT2D eigenvalue weighted by Gasteiger charge is 2.07. The quantitative estimate of drug-likeness (QED) is 0.723. The second-order valence-corrected chi connectivity index (χ2v) is 6.22. The number of aromatic nitrogens is 2. The monoisotopic (exact) mass is 360 g/mol. The van der Waals surface area contributed by atoms with Crippen LogP contribution in [0.2, 0.25) is 0 Å². The van der Waals surface area contributed by atoms with Crippen LogP contribution in [-0.4, -0.2) is 46.9 Å². The number of para-hydroxylation sites is 2. The topological polar surface area (TPSA) is 67.2 Å². The zero-order valence-electron chi connectivity index (χ0n) is 15.3. The van der Waals surface area contributed by atoms with Crippen LogP contribution in [0.3, 0.4) is 0 Å². The van der Waals surface area contributed by atoms with Gasteiger partial charge in [0.05, 0.1) is 23.9 Å².